The third-order valence-electron chi connectivity index (χ3n) is 8.66. The third kappa shape index (κ3) is 8.99. The first-order chi connectivity index (χ1) is 23.2. The Morgan fingerprint density at radius 3 is 2.35 bits per heavy atom. The van der Waals surface area contributed by atoms with Crippen LogP contribution in [-0.4, -0.2) is 82.8 Å². The Morgan fingerprint density at radius 1 is 0.896 bits per heavy atom. The number of esters is 1. The molecule has 0 radical (unpaired) electrons. The zero-order chi connectivity index (χ0) is 34.1. The molecule has 3 unspecified atom stereocenters. The number of piperidine rings is 1. The molecule has 48 heavy (non-hydrogen) atoms. The predicted molar refractivity (Wildman–Crippen MR) is 182 cm³/mol. The number of benzene rings is 3. The van der Waals surface area contributed by atoms with E-state index in [0.717, 1.165) is 47.6 Å². The van der Waals surface area contributed by atoms with Crippen LogP contribution in [0.25, 0.3) is 0 Å². The first-order valence-electron chi connectivity index (χ1n) is 16.6. The van der Waals surface area contributed by atoms with Gasteiger partial charge in [-0.15, -0.1) is 0 Å². The summed E-state index contributed by atoms with van der Waals surface area (Å²) in [5.41, 5.74) is 3.06. The molecule has 0 aliphatic carbocycles. The molecule has 10 nitrogen and oxygen atoms in total. The summed E-state index contributed by atoms with van der Waals surface area (Å²) in [6, 6.07) is 23.3. The van der Waals surface area contributed by atoms with Crippen LogP contribution in [0.5, 0.6) is 11.5 Å². The minimum atomic E-state index is -0.739. The van der Waals surface area contributed by atoms with Crippen molar-refractivity contribution in [2.45, 2.75) is 58.5 Å². The Kier molecular flexibility index (Phi) is 11.8. The first kappa shape index (κ1) is 35.0. The summed E-state index contributed by atoms with van der Waals surface area (Å²) in [5, 5.41) is 0. The second-order valence-electron chi connectivity index (χ2n) is 13.3. The average molecular weight is 661 g/mol. The summed E-state index contributed by atoms with van der Waals surface area (Å²) in [4.78, 5) is 30.7. The summed E-state index contributed by atoms with van der Waals surface area (Å²) < 4.78 is 35.3. The molecular weight excluding hydrogens is 612 g/mol. The molecule has 1 amide bonds. The number of ether oxygens (including phenoxy) is 6. The smallest absolute Gasteiger partial charge is 0.410 e. The molecule has 5 rings (SSSR count). The monoisotopic (exact) mass is 660 g/mol. The molecule has 0 bridgehead atoms. The normalized spacial score (nSPS) is 19.2. The van der Waals surface area contributed by atoms with Crippen LogP contribution in [0.4, 0.5) is 10.5 Å². The van der Waals surface area contributed by atoms with Gasteiger partial charge in [0.1, 0.15) is 30.8 Å². The minimum absolute atomic E-state index is 0.133. The van der Waals surface area contributed by atoms with Crippen molar-refractivity contribution >= 4 is 17.7 Å². The molecule has 0 N–H and O–H groups in total. The standard InChI is InChI=1S/C38H48N2O8/c1-38(2,3)36(41)48-34-24-40(37(42)47-25-27-10-7-6-8-11-27)23-33(35(34)29-13-15-30(44-5)16-14-29)46-26-28-12-17-32-31(22-28)39(19-21-45-32)18-9-20-43-4/h6-8,10-17,22,33-35H,9,18-21,23-26H2,1-5H3. The Balaban J connectivity index is 1.41. The molecule has 3 aromatic carbocycles. The summed E-state index contributed by atoms with van der Waals surface area (Å²) in [7, 11) is 3.34. The number of rotatable bonds is 12. The summed E-state index contributed by atoms with van der Waals surface area (Å²) in [6.45, 7) is 9.26. The topological polar surface area (TPSA) is 96.0 Å². The van der Waals surface area contributed by atoms with Crippen LogP contribution in [-0.2, 0) is 37.0 Å². The zero-order valence-electron chi connectivity index (χ0n) is 28.7. The minimum Gasteiger partial charge on any atom is -0.497 e. The van der Waals surface area contributed by atoms with Crippen LogP contribution >= 0.6 is 0 Å². The number of carbonyl (C=O) groups excluding carboxylic acids is 2. The number of carbonyl (C=O) groups is 2. The van der Waals surface area contributed by atoms with Crippen molar-refractivity contribution in [1.82, 2.24) is 4.90 Å². The number of hydrogen-bond acceptors (Lipinski definition) is 9. The second kappa shape index (κ2) is 16.2. The van der Waals surface area contributed by atoms with Crippen LogP contribution in [0.15, 0.2) is 72.8 Å². The first-order valence-corrected chi connectivity index (χ1v) is 16.6. The van der Waals surface area contributed by atoms with E-state index in [-0.39, 0.29) is 38.2 Å². The molecule has 2 heterocycles. The van der Waals surface area contributed by atoms with Gasteiger partial charge in [0.15, 0.2) is 0 Å². The fraction of sp³-hybridized carbons (Fsp3) is 0.474. The summed E-state index contributed by atoms with van der Waals surface area (Å²) in [6.07, 6.45) is -0.775. The second-order valence-corrected chi connectivity index (χ2v) is 13.3. The van der Waals surface area contributed by atoms with Crippen LogP contribution in [0, 0.1) is 5.41 Å². The lowest BCUT2D eigenvalue weighted by Gasteiger charge is -2.43. The van der Waals surface area contributed by atoms with E-state index in [9.17, 15) is 9.59 Å². The van der Waals surface area contributed by atoms with Crippen LogP contribution in [0.3, 0.4) is 0 Å². The van der Waals surface area contributed by atoms with Crippen LogP contribution in [0.2, 0.25) is 0 Å². The molecule has 2 aliphatic heterocycles. The SMILES string of the molecule is COCCCN1CCOc2ccc(COC3CN(C(=O)OCc4ccccc4)CC(OC(=O)C(C)(C)C)C3c3ccc(OC)cc3)cc21. The van der Waals surface area contributed by atoms with Gasteiger partial charge >= 0.3 is 12.1 Å². The quantitative estimate of drug-likeness (QED) is 0.166. The Hall–Kier alpha value is -4.28. The highest BCUT2D eigenvalue weighted by molar-refractivity contribution is 5.76. The van der Waals surface area contributed by atoms with Crippen molar-refractivity contribution < 1.29 is 38.0 Å². The largest absolute Gasteiger partial charge is 0.497 e. The van der Waals surface area contributed by atoms with Gasteiger partial charge in [-0.2, -0.15) is 0 Å². The Bertz CT molecular complexity index is 1490. The average Bonchev–Trinajstić information content (AvgIpc) is 3.09. The lowest BCUT2D eigenvalue weighted by atomic mass is 9.84. The fourth-order valence-corrected chi connectivity index (χ4v) is 6.02. The third-order valence-corrected chi connectivity index (χ3v) is 8.66. The molecule has 2 aliphatic rings. The maximum absolute atomic E-state index is 13.5. The Morgan fingerprint density at radius 2 is 1.65 bits per heavy atom. The van der Waals surface area contributed by atoms with Gasteiger partial charge in [0.2, 0.25) is 0 Å². The summed E-state index contributed by atoms with van der Waals surface area (Å²) in [5.74, 6) is 0.852. The number of likely N-dealkylation sites (tertiary alicyclic amines) is 1. The molecule has 0 saturated carbocycles. The molecule has 3 aromatic rings. The number of anilines is 1. The number of amides is 1. The zero-order valence-corrected chi connectivity index (χ0v) is 28.7. The molecule has 3 atom stereocenters. The molecule has 1 saturated heterocycles. The highest BCUT2D eigenvalue weighted by Gasteiger charge is 2.44. The van der Waals surface area contributed by atoms with Crippen molar-refractivity contribution in [3.63, 3.8) is 0 Å². The number of nitrogens with zero attached hydrogens (tertiary/aromatic N) is 2. The number of hydrogen-bond donors (Lipinski definition) is 0. The van der Waals surface area contributed by atoms with E-state index in [1.807, 2.05) is 87.5 Å². The molecule has 10 heteroatoms. The molecular formula is C38H48N2O8. The molecule has 0 aromatic heterocycles. The van der Waals surface area contributed by atoms with Gasteiger partial charge in [-0.1, -0.05) is 48.5 Å². The van der Waals surface area contributed by atoms with E-state index in [2.05, 4.69) is 11.0 Å². The van der Waals surface area contributed by atoms with E-state index >= 15 is 0 Å². The Labute approximate surface area is 283 Å². The van der Waals surface area contributed by atoms with E-state index in [4.69, 9.17) is 28.4 Å². The number of methoxy groups -OCH3 is 2. The molecule has 258 valence electrons. The fourth-order valence-electron chi connectivity index (χ4n) is 6.02. The van der Waals surface area contributed by atoms with Crippen LogP contribution < -0.4 is 14.4 Å². The molecule has 0 spiro atoms. The van der Waals surface area contributed by atoms with Crippen molar-refractivity contribution in [3.05, 3.63) is 89.5 Å². The summed E-state index contributed by atoms with van der Waals surface area (Å²) >= 11 is 0. The van der Waals surface area contributed by atoms with E-state index in [1.54, 1.807) is 19.1 Å². The lowest BCUT2D eigenvalue weighted by Crippen LogP contribution is -2.55. The number of fused-ring (bicyclic) bond motifs is 1. The lowest BCUT2D eigenvalue weighted by molar-refractivity contribution is -0.167. The van der Waals surface area contributed by atoms with Gasteiger partial charge in [-0.25, -0.2) is 4.79 Å². The van der Waals surface area contributed by atoms with E-state index in [1.165, 1.54) is 0 Å². The van der Waals surface area contributed by atoms with Crippen molar-refractivity contribution in [1.29, 1.82) is 0 Å². The van der Waals surface area contributed by atoms with E-state index < -0.39 is 23.7 Å². The van der Waals surface area contributed by atoms with Gasteiger partial charge in [0.25, 0.3) is 0 Å². The molecule has 1 fully saturated rings. The van der Waals surface area contributed by atoms with Gasteiger partial charge in [-0.3, -0.25) is 4.79 Å². The van der Waals surface area contributed by atoms with Crippen molar-refractivity contribution in [2.75, 3.05) is 58.5 Å². The van der Waals surface area contributed by atoms with Crippen molar-refractivity contribution in [3.8, 4) is 11.5 Å². The maximum atomic E-state index is 13.5. The van der Waals surface area contributed by atoms with Gasteiger partial charge < -0.3 is 38.2 Å². The van der Waals surface area contributed by atoms with Crippen LogP contribution in [0.1, 0.15) is 49.8 Å². The van der Waals surface area contributed by atoms with E-state index in [0.29, 0.717) is 19.0 Å². The van der Waals surface area contributed by atoms with Gasteiger partial charge in [0.05, 0.1) is 56.5 Å². The maximum Gasteiger partial charge on any atom is 0.410 e. The highest BCUT2D eigenvalue weighted by Crippen LogP contribution is 2.37. The van der Waals surface area contributed by atoms with Gasteiger partial charge in [-0.05, 0) is 68.1 Å². The predicted octanol–water partition coefficient (Wildman–Crippen LogP) is 6.21. The highest BCUT2D eigenvalue weighted by atomic mass is 16.6. The van der Waals surface area contributed by atoms with Crippen molar-refractivity contribution in [2.24, 2.45) is 5.41 Å². The van der Waals surface area contributed by atoms with Gasteiger partial charge in [0, 0.05) is 20.3 Å².